The summed E-state index contributed by atoms with van der Waals surface area (Å²) >= 11 is 0. The highest BCUT2D eigenvalue weighted by Gasteiger charge is 2.34. The van der Waals surface area contributed by atoms with E-state index in [0.29, 0.717) is 11.6 Å². The number of carbonyl (C=O) groups excluding carboxylic acids is 2. The molecule has 1 N–H and O–H groups in total. The highest BCUT2D eigenvalue weighted by molar-refractivity contribution is 6.47. The number of halogens is 3. The molecular formula is C18H13F3N4O3. The highest BCUT2D eigenvalue weighted by Crippen LogP contribution is 2.39. The summed E-state index contributed by atoms with van der Waals surface area (Å²) in [5.41, 5.74) is 0.833. The normalized spacial score (nSPS) is 14.1. The number of amides is 1. The fourth-order valence-electron chi connectivity index (χ4n) is 2.75. The van der Waals surface area contributed by atoms with Crippen LogP contribution < -0.4 is 10.1 Å². The summed E-state index contributed by atoms with van der Waals surface area (Å²) in [7, 11) is 0. The van der Waals surface area contributed by atoms with E-state index in [2.05, 4.69) is 20.1 Å². The van der Waals surface area contributed by atoms with Gasteiger partial charge in [0.2, 0.25) is 0 Å². The maximum absolute atomic E-state index is 12.5. The number of ketones is 1. The van der Waals surface area contributed by atoms with Crippen LogP contribution in [0.25, 0.3) is 5.65 Å². The van der Waals surface area contributed by atoms with Crippen molar-refractivity contribution in [3.8, 4) is 5.75 Å². The maximum atomic E-state index is 12.5. The minimum absolute atomic E-state index is 0.185. The number of ether oxygens (including phenoxy) is 1. The molecule has 0 radical (unpaired) electrons. The summed E-state index contributed by atoms with van der Waals surface area (Å²) in [5.74, 6) is -2.48. The molecule has 1 aromatic carbocycles. The first-order valence-electron chi connectivity index (χ1n) is 8.37. The van der Waals surface area contributed by atoms with E-state index in [1.54, 1.807) is 6.07 Å². The number of alkyl halides is 3. The molecule has 1 aliphatic carbocycles. The van der Waals surface area contributed by atoms with E-state index < -0.39 is 29.4 Å². The lowest BCUT2D eigenvalue weighted by Crippen LogP contribution is -2.26. The van der Waals surface area contributed by atoms with E-state index in [-0.39, 0.29) is 5.82 Å². The first-order valence-corrected chi connectivity index (χ1v) is 8.37. The smallest absolute Gasteiger partial charge is 0.405 e. The molecule has 1 amide bonds. The SMILES string of the molecule is O=C(Nc1ccnc2cc(C3CC3)nn12)C(=O)c1ccccc1OC(F)(F)F. The molecule has 0 atom stereocenters. The van der Waals surface area contributed by atoms with Gasteiger partial charge >= 0.3 is 6.36 Å². The summed E-state index contributed by atoms with van der Waals surface area (Å²) in [4.78, 5) is 28.9. The van der Waals surface area contributed by atoms with Crippen LogP contribution in [0.1, 0.15) is 34.8 Å². The Bertz CT molecular complexity index is 1070. The van der Waals surface area contributed by atoms with Crippen molar-refractivity contribution in [2.24, 2.45) is 0 Å². The first kappa shape index (κ1) is 18.0. The van der Waals surface area contributed by atoms with Gasteiger partial charge in [-0.1, -0.05) is 12.1 Å². The molecule has 28 heavy (non-hydrogen) atoms. The molecule has 0 bridgehead atoms. The summed E-state index contributed by atoms with van der Waals surface area (Å²) in [6.07, 6.45) is -1.49. The summed E-state index contributed by atoms with van der Waals surface area (Å²) < 4.78 is 42.8. The van der Waals surface area contributed by atoms with Crippen LogP contribution >= 0.6 is 0 Å². The van der Waals surface area contributed by atoms with Crippen LogP contribution in [-0.2, 0) is 4.79 Å². The highest BCUT2D eigenvalue weighted by atomic mass is 19.4. The topological polar surface area (TPSA) is 85.6 Å². The van der Waals surface area contributed by atoms with Crippen LogP contribution in [0.3, 0.4) is 0 Å². The molecule has 0 unspecified atom stereocenters. The fourth-order valence-corrected chi connectivity index (χ4v) is 2.75. The number of nitrogens with zero attached hydrogens (tertiary/aromatic N) is 3. The molecule has 0 saturated heterocycles. The van der Waals surface area contributed by atoms with Crippen LogP contribution in [0.15, 0.2) is 42.6 Å². The largest absolute Gasteiger partial charge is 0.573 e. The number of carbonyl (C=O) groups is 2. The van der Waals surface area contributed by atoms with Crippen molar-refractivity contribution in [3.63, 3.8) is 0 Å². The average Bonchev–Trinajstić information content (AvgIpc) is 3.39. The second-order valence-corrected chi connectivity index (χ2v) is 6.27. The van der Waals surface area contributed by atoms with E-state index >= 15 is 0 Å². The standard InChI is InChI=1S/C18H13F3N4O3/c19-18(20,21)28-13-4-2-1-3-11(13)16(26)17(27)23-14-7-8-22-15-9-12(10-5-6-10)24-25(14)15/h1-4,7-10H,5-6H2,(H,23,27). The Balaban J connectivity index is 1.59. The molecule has 2 heterocycles. The third kappa shape index (κ3) is 3.66. The summed E-state index contributed by atoms with van der Waals surface area (Å²) in [6.45, 7) is 0. The van der Waals surface area contributed by atoms with E-state index in [1.807, 2.05) is 0 Å². The molecule has 4 rings (SSSR count). The lowest BCUT2D eigenvalue weighted by atomic mass is 10.1. The number of anilines is 1. The number of fused-ring (bicyclic) bond motifs is 1. The predicted octanol–water partition coefficient (Wildman–Crippen LogP) is 3.33. The average molecular weight is 390 g/mol. The summed E-state index contributed by atoms with van der Waals surface area (Å²) in [6, 6.07) is 7.90. The number of hydrogen-bond donors (Lipinski definition) is 1. The zero-order valence-corrected chi connectivity index (χ0v) is 14.2. The second-order valence-electron chi connectivity index (χ2n) is 6.27. The van der Waals surface area contributed by atoms with Gasteiger partial charge in [-0.15, -0.1) is 13.2 Å². The molecule has 3 aromatic rings. The Morgan fingerprint density at radius 3 is 2.64 bits per heavy atom. The van der Waals surface area contributed by atoms with Crippen molar-refractivity contribution < 1.29 is 27.5 Å². The first-order chi connectivity index (χ1) is 13.3. The Morgan fingerprint density at radius 1 is 1.18 bits per heavy atom. The number of hydrogen-bond acceptors (Lipinski definition) is 5. The molecule has 0 aliphatic heterocycles. The minimum Gasteiger partial charge on any atom is -0.405 e. The number of rotatable bonds is 5. The molecule has 1 fully saturated rings. The molecule has 1 aliphatic rings. The Kier molecular flexibility index (Phi) is 4.25. The van der Waals surface area contributed by atoms with Crippen LogP contribution in [0, 0.1) is 0 Å². The van der Waals surface area contributed by atoms with Gasteiger partial charge in [-0.2, -0.15) is 9.61 Å². The van der Waals surface area contributed by atoms with Crippen LogP contribution in [-0.4, -0.2) is 32.7 Å². The van der Waals surface area contributed by atoms with Gasteiger partial charge in [-0.3, -0.25) is 9.59 Å². The second kappa shape index (κ2) is 6.63. The van der Waals surface area contributed by atoms with Crippen molar-refractivity contribution in [1.82, 2.24) is 14.6 Å². The molecule has 7 nitrogen and oxygen atoms in total. The minimum atomic E-state index is -4.99. The van der Waals surface area contributed by atoms with E-state index in [0.717, 1.165) is 30.7 Å². The molecule has 1 saturated carbocycles. The van der Waals surface area contributed by atoms with Crippen molar-refractivity contribution >= 4 is 23.2 Å². The third-order valence-corrected chi connectivity index (χ3v) is 4.18. The third-order valence-electron chi connectivity index (χ3n) is 4.18. The van der Waals surface area contributed by atoms with Gasteiger partial charge in [0.25, 0.3) is 11.7 Å². The Labute approximate surface area is 156 Å². The molecule has 2 aromatic heterocycles. The van der Waals surface area contributed by atoms with Crippen LogP contribution in [0.4, 0.5) is 19.0 Å². The lowest BCUT2D eigenvalue weighted by molar-refractivity contribution is -0.274. The molecule has 0 spiro atoms. The van der Waals surface area contributed by atoms with Gasteiger partial charge in [0.15, 0.2) is 5.65 Å². The Morgan fingerprint density at radius 2 is 1.93 bits per heavy atom. The quantitative estimate of drug-likeness (QED) is 0.534. The number of nitrogens with one attached hydrogen (secondary N) is 1. The molecule has 144 valence electrons. The van der Waals surface area contributed by atoms with Crippen molar-refractivity contribution in [2.75, 3.05) is 5.32 Å². The van der Waals surface area contributed by atoms with Gasteiger partial charge in [-0.25, -0.2) is 4.98 Å². The fraction of sp³-hybridized carbons (Fsp3) is 0.222. The van der Waals surface area contributed by atoms with Gasteiger partial charge < -0.3 is 10.1 Å². The summed E-state index contributed by atoms with van der Waals surface area (Å²) in [5, 5.41) is 6.76. The Hall–Kier alpha value is -3.43. The zero-order valence-electron chi connectivity index (χ0n) is 14.2. The van der Waals surface area contributed by atoms with Gasteiger partial charge in [-0.05, 0) is 31.0 Å². The molecule has 10 heteroatoms. The van der Waals surface area contributed by atoms with Crippen molar-refractivity contribution in [2.45, 2.75) is 25.1 Å². The lowest BCUT2D eigenvalue weighted by Gasteiger charge is -2.12. The monoisotopic (exact) mass is 390 g/mol. The number of Topliss-reactive ketones (excluding diaryl/α,β-unsaturated/α-hetero) is 1. The van der Waals surface area contributed by atoms with Gasteiger partial charge in [0.05, 0.1) is 11.3 Å². The van der Waals surface area contributed by atoms with E-state index in [4.69, 9.17) is 0 Å². The van der Waals surface area contributed by atoms with E-state index in [1.165, 1.54) is 28.9 Å². The van der Waals surface area contributed by atoms with Crippen LogP contribution in [0.5, 0.6) is 5.75 Å². The number of para-hydroxylation sites is 1. The van der Waals surface area contributed by atoms with Crippen molar-refractivity contribution in [1.29, 1.82) is 0 Å². The number of benzene rings is 1. The molecular weight excluding hydrogens is 377 g/mol. The maximum Gasteiger partial charge on any atom is 0.573 e. The van der Waals surface area contributed by atoms with Gasteiger partial charge in [0.1, 0.15) is 11.6 Å². The van der Waals surface area contributed by atoms with Gasteiger partial charge in [0, 0.05) is 18.2 Å². The van der Waals surface area contributed by atoms with E-state index in [9.17, 15) is 22.8 Å². The number of aromatic nitrogens is 3. The predicted molar refractivity (Wildman–Crippen MR) is 91.0 cm³/mol. The van der Waals surface area contributed by atoms with Crippen molar-refractivity contribution in [3.05, 3.63) is 53.9 Å². The zero-order chi connectivity index (χ0) is 19.9. The van der Waals surface area contributed by atoms with Crippen LogP contribution in [0.2, 0.25) is 0 Å².